The third kappa shape index (κ3) is 1.82. The molecule has 0 spiro atoms. The molecule has 0 radical (unpaired) electrons. The van der Waals surface area contributed by atoms with E-state index in [-0.39, 0.29) is 6.42 Å². The standard InChI is InChI=1S/C13H20O2/c1-13(2)10-7-6-9(8-10)11(13)4-3-5-12(14)15/h4,9-10H,3,5-8H2,1-2H3,(H,14,15)/b11-4+. The Morgan fingerprint density at radius 1 is 1.53 bits per heavy atom. The topological polar surface area (TPSA) is 37.3 Å². The van der Waals surface area contributed by atoms with Crippen LogP contribution in [-0.4, -0.2) is 11.1 Å². The van der Waals surface area contributed by atoms with E-state index in [0.717, 1.165) is 11.8 Å². The van der Waals surface area contributed by atoms with Crippen molar-refractivity contribution >= 4 is 5.97 Å². The van der Waals surface area contributed by atoms with E-state index in [2.05, 4.69) is 19.9 Å². The Hall–Kier alpha value is -0.790. The van der Waals surface area contributed by atoms with Gasteiger partial charge in [0.15, 0.2) is 0 Å². The lowest BCUT2D eigenvalue weighted by Gasteiger charge is -2.32. The van der Waals surface area contributed by atoms with Crippen LogP contribution in [0.2, 0.25) is 0 Å². The number of carboxylic acids is 1. The second kappa shape index (κ2) is 3.66. The molecule has 84 valence electrons. The first-order valence-electron chi connectivity index (χ1n) is 5.94. The fraction of sp³-hybridized carbons (Fsp3) is 0.769. The molecule has 2 rings (SSSR count). The summed E-state index contributed by atoms with van der Waals surface area (Å²) in [7, 11) is 0. The Morgan fingerprint density at radius 3 is 2.80 bits per heavy atom. The van der Waals surface area contributed by atoms with Crippen LogP contribution in [0.25, 0.3) is 0 Å². The second-order valence-electron chi connectivity index (χ2n) is 5.52. The lowest BCUT2D eigenvalue weighted by molar-refractivity contribution is -0.136. The van der Waals surface area contributed by atoms with E-state index in [1.165, 1.54) is 19.3 Å². The van der Waals surface area contributed by atoms with Crippen LogP contribution in [0.5, 0.6) is 0 Å². The molecule has 0 amide bonds. The molecular weight excluding hydrogens is 188 g/mol. The van der Waals surface area contributed by atoms with Crippen LogP contribution < -0.4 is 0 Å². The number of fused-ring (bicyclic) bond motifs is 2. The number of hydrogen-bond donors (Lipinski definition) is 1. The molecule has 0 aromatic heterocycles. The fourth-order valence-corrected chi connectivity index (χ4v) is 3.46. The molecule has 2 fully saturated rings. The predicted octanol–water partition coefficient (Wildman–Crippen LogP) is 3.23. The Bertz CT molecular complexity index is 302. The normalized spacial score (nSPS) is 34.9. The Labute approximate surface area is 91.4 Å². The number of hydrogen-bond acceptors (Lipinski definition) is 1. The third-order valence-corrected chi connectivity index (χ3v) is 4.36. The number of allylic oxidation sites excluding steroid dienone is 2. The van der Waals surface area contributed by atoms with Gasteiger partial charge in [-0.2, -0.15) is 0 Å². The Balaban J connectivity index is 2.05. The van der Waals surface area contributed by atoms with Gasteiger partial charge >= 0.3 is 5.97 Å². The molecule has 0 aromatic carbocycles. The van der Waals surface area contributed by atoms with Crippen LogP contribution in [0.3, 0.4) is 0 Å². The monoisotopic (exact) mass is 208 g/mol. The lowest BCUT2D eigenvalue weighted by atomic mass is 9.72. The van der Waals surface area contributed by atoms with E-state index < -0.39 is 5.97 Å². The molecule has 1 N–H and O–H groups in total. The average Bonchev–Trinajstić information content (AvgIpc) is 2.66. The highest BCUT2D eigenvalue weighted by Gasteiger charge is 2.48. The minimum Gasteiger partial charge on any atom is -0.481 e. The summed E-state index contributed by atoms with van der Waals surface area (Å²) in [6, 6.07) is 0. The molecular formula is C13H20O2. The zero-order valence-corrected chi connectivity index (χ0v) is 9.62. The number of carbonyl (C=O) groups is 1. The van der Waals surface area contributed by atoms with E-state index >= 15 is 0 Å². The highest BCUT2D eigenvalue weighted by molar-refractivity contribution is 5.66. The number of rotatable bonds is 3. The summed E-state index contributed by atoms with van der Waals surface area (Å²) in [4.78, 5) is 10.5. The summed E-state index contributed by atoms with van der Waals surface area (Å²) in [6.07, 6.45) is 7.22. The second-order valence-corrected chi connectivity index (χ2v) is 5.52. The molecule has 2 unspecified atom stereocenters. The first kappa shape index (κ1) is 10.7. The molecule has 0 aliphatic heterocycles. The molecule has 0 aromatic rings. The van der Waals surface area contributed by atoms with Gasteiger partial charge in [-0.15, -0.1) is 0 Å². The SMILES string of the molecule is CC1(C)/C(=C/CCC(=O)O)C2CCC1C2. The van der Waals surface area contributed by atoms with Crippen molar-refractivity contribution in [2.24, 2.45) is 17.3 Å². The maximum absolute atomic E-state index is 10.5. The zero-order valence-electron chi connectivity index (χ0n) is 9.62. The summed E-state index contributed by atoms with van der Waals surface area (Å²) in [5.74, 6) is 0.921. The summed E-state index contributed by atoms with van der Waals surface area (Å²) < 4.78 is 0. The van der Waals surface area contributed by atoms with Gasteiger partial charge in [0.25, 0.3) is 0 Å². The van der Waals surface area contributed by atoms with Crippen molar-refractivity contribution in [3.63, 3.8) is 0 Å². The van der Waals surface area contributed by atoms with Crippen LogP contribution in [-0.2, 0) is 4.79 Å². The van der Waals surface area contributed by atoms with Crippen LogP contribution in [0.15, 0.2) is 11.6 Å². The first-order chi connectivity index (χ1) is 7.01. The highest BCUT2D eigenvalue weighted by atomic mass is 16.4. The van der Waals surface area contributed by atoms with Gasteiger partial charge in [-0.1, -0.05) is 25.5 Å². The summed E-state index contributed by atoms with van der Waals surface area (Å²) in [5, 5.41) is 8.62. The van der Waals surface area contributed by atoms with Crippen molar-refractivity contribution in [3.05, 3.63) is 11.6 Å². The van der Waals surface area contributed by atoms with Crippen LogP contribution in [0, 0.1) is 17.3 Å². The smallest absolute Gasteiger partial charge is 0.303 e. The van der Waals surface area contributed by atoms with Crippen molar-refractivity contribution < 1.29 is 9.90 Å². The van der Waals surface area contributed by atoms with E-state index in [9.17, 15) is 4.79 Å². The van der Waals surface area contributed by atoms with Crippen molar-refractivity contribution in [3.8, 4) is 0 Å². The Morgan fingerprint density at radius 2 is 2.27 bits per heavy atom. The minimum absolute atomic E-state index is 0.275. The van der Waals surface area contributed by atoms with E-state index in [4.69, 9.17) is 5.11 Å². The first-order valence-corrected chi connectivity index (χ1v) is 5.94. The minimum atomic E-state index is -0.687. The van der Waals surface area contributed by atoms with Gasteiger partial charge in [-0.05, 0) is 42.9 Å². The largest absolute Gasteiger partial charge is 0.481 e. The zero-order chi connectivity index (χ0) is 11.1. The van der Waals surface area contributed by atoms with Crippen molar-refractivity contribution in [1.29, 1.82) is 0 Å². The fourth-order valence-electron chi connectivity index (χ4n) is 3.46. The van der Waals surface area contributed by atoms with Crippen molar-refractivity contribution in [2.75, 3.05) is 0 Å². The van der Waals surface area contributed by atoms with Gasteiger partial charge in [-0.3, -0.25) is 4.79 Å². The molecule has 2 heteroatoms. The quantitative estimate of drug-likeness (QED) is 0.723. The van der Waals surface area contributed by atoms with Crippen molar-refractivity contribution in [2.45, 2.75) is 46.0 Å². The number of carboxylic acid groups (broad SMARTS) is 1. The molecule has 0 saturated heterocycles. The van der Waals surface area contributed by atoms with Gasteiger partial charge in [-0.25, -0.2) is 0 Å². The molecule has 2 bridgehead atoms. The maximum atomic E-state index is 10.5. The lowest BCUT2D eigenvalue weighted by Crippen LogP contribution is -2.22. The molecule has 2 aliphatic carbocycles. The molecule has 2 atom stereocenters. The average molecular weight is 208 g/mol. The third-order valence-electron chi connectivity index (χ3n) is 4.36. The highest BCUT2D eigenvalue weighted by Crippen LogP contribution is 2.59. The van der Waals surface area contributed by atoms with Gasteiger partial charge in [0.1, 0.15) is 0 Å². The predicted molar refractivity (Wildman–Crippen MR) is 59.6 cm³/mol. The maximum Gasteiger partial charge on any atom is 0.303 e. The van der Waals surface area contributed by atoms with E-state index in [0.29, 0.717) is 11.8 Å². The van der Waals surface area contributed by atoms with Crippen LogP contribution >= 0.6 is 0 Å². The van der Waals surface area contributed by atoms with Gasteiger partial charge in [0.2, 0.25) is 0 Å². The molecule has 15 heavy (non-hydrogen) atoms. The molecule has 2 saturated carbocycles. The summed E-state index contributed by atoms with van der Waals surface area (Å²) in [6.45, 7) is 4.65. The van der Waals surface area contributed by atoms with Gasteiger partial charge in [0, 0.05) is 6.42 Å². The van der Waals surface area contributed by atoms with Gasteiger partial charge in [0.05, 0.1) is 0 Å². The van der Waals surface area contributed by atoms with E-state index in [1.807, 2.05) is 0 Å². The van der Waals surface area contributed by atoms with Crippen LogP contribution in [0.4, 0.5) is 0 Å². The van der Waals surface area contributed by atoms with Crippen LogP contribution in [0.1, 0.15) is 46.0 Å². The molecule has 2 aliphatic rings. The molecule has 2 nitrogen and oxygen atoms in total. The summed E-state index contributed by atoms with van der Waals surface area (Å²) >= 11 is 0. The summed E-state index contributed by atoms with van der Waals surface area (Å²) in [5.41, 5.74) is 1.88. The van der Waals surface area contributed by atoms with Crippen molar-refractivity contribution in [1.82, 2.24) is 0 Å². The van der Waals surface area contributed by atoms with Gasteiger partial charge < -0.3 is 5.11 Å². The number of aliphatic carboxylic acids is 1. The molecule has 0 heterocycles. The van der Waals surface area contributed by atoms with E-state index in [1.54, 1.807) is 5.57 Å². The Kier molecular flexibility index (Phi) is 2.61.